The molecule has 0 radical (unpaired) electrons. The summed E-state index contributed by atoms with van der Waals surface area (Å²) in [5.74, 6) is -1.77. The van der Waals surface area contributed by atoms with E-state index < -0.39 is 11.6 Å². The van der Waals surface area contributed by atoms with Crippen LogP contribution in [0.3, 0.4) is 0 Å². The summed E-state index contributed by atoms with van der Waals surface area (Å²) in [6, 6.07) is 6.83. The average molecular weight is 247 g/mol. The molecule has 4 heteroatoms. The van der Waals surface area contributed by atoms with Crippen LogP contribution >= 0.6 is 0 Å². The molecule has 0 aliphatic carbocycles. The highest BCUT2D eigenvalue weighted by molar-refractivity contribution is 5.97. The Bertz CT molecular complexity index is 559. The van der Waals surface area contributed by atoms with E-state index >= 15 is 0 Å². The van der Waals surface area contributed by atoms with Crippen LogP contribution in [-0.2, 0) is 6.42 Å². The molecule has 18 heavy (non-hydrogen) atoms. The number of ketones is 1. The first kappa shape index (κ1) is 12.4. The van der Waals surface area contributed by atoms with Crippen molar-refractivity contribution in [1.29, 1.82) is 0 Å². The van der Waals surface area contributed by atoms with Crippen LogP contribution in [-0.4, -0.2) is 10.8 Å². The molecular formula is C14H11F2NO. The number of hydrogen-bond acceptors (Lipinski definition) is 2. The molecule has 0 N–H and O–H groups in total. The van der Waals surface area contributed by atoms with Crippen LogP contribution in [0.1, 0.15) is 21.6 Å². The summed E-state index contributed by atoms with van der Waals surface area (Å²) < 4.78 is 26.8. The number of nitrogens with zero attached hydrogens (tertiary/aromatic N) is 1. The summed E-state index contributed by atoms with van der Waals surface area (Å²) in [5, 5.41) is 0. The Balaban J connectivity index is 2.24. The smallest absolute Gasteiger partial charge is 0.169 e. The second-order valence-corrected chi connectivity index (χ2v) is 3.99. The number of halogens is 2. The van der Waals surface area contributed by atoms with Crippen LogP contribution in [0.4, 0.5) is 8.78 Å². The van der Waals surface area contributed by atoms with Gasteiger partial charge < -0.3 is 0 Å². The molecule has 0 saturated heterocycles. The summed E-state index contributed by atoms with van der Waals surface area (Å²) in [7, 11) is 0. The van der Waals surface area contributed by atoms with Crippen molar-refractivity contribution in [2.45, 2.75) is 13.3 Å². The Kier molecular flexibility index (Phi) is 3.46. The van der Waals surface area contributed by atoms with Crippen LogP contribution in [0.2, 0.25) is 0 Å². The van der Waals surface area contributed by atoms with E-state index in [1.54, 1.807) is 19.1 Å². The van der Waals surface area contributed by atoms with Gasteiger partial charge in [-0.25, -0.2) is 8.78 Å². The van der Waals surface area contributed by atoms with Gasteiger partial charge in [-0.2, -0.15) is 0 Å². The predicted molar refractivity (Wildman–Crippen MR) is 63.4 cm³/mol. The minimum atomic E-state index is -0.705. The molecule has 0 spiro atoms. The van der Waals surface area contributed by atoms with E-state index in [2.05, 4.69) is 4.98 Å². The number of Topliss-reactive ketones (excluding diaryl/α,β-unsaturated/α-hetero) is 1. The summed E-state index contributed by atoms with van der Waals surface area (Å²) in [6.45, 7) is 1.80. The maximum atomic E-state index is 13.4. The van der Waals surface area contributed by atoms with Gasteiger partial charge in [0, 0.05) is 29.4 Å². The molecule has 0 unspecified atom stereocenters. The highest BCUT2D eigenvalue weighted by Gasteiger charge is 2.14. The number of pyridine rings is 1. The van der Waals surface area contributed by atoms with Crippen molar-refractivity contribution in [2.75, 3.05) is 0 Å². The van der Waals surface area contributed by atoms with Gasteiger partial charge in [-0.05, 0) is 31.2 Å². The number of aryl methyl sites for hydroxylation is 1. The molecule has 2 nitrogen and oxygen atoms in total. The molecule has 0 aliphatic rings. The second-order valence-electron chi connectivity index (χ2n) is 3.99. The van der Waals surface area contributed by atoms with Crippen LogP contribution in [0.5, 0.6) is 0 Å². The lowest BCUT2D eigenvalue weighted by Gasteiger charge is -2.04. The summed E-state index contributed by atoms with van der Waals surface area (Å²) in [4.78, 5) is 15.8. The molecule has 0 saturated carbocycles. The van der Waals surface area contributed by atoms with Crippen molar-refractivity contribution < 1.29 is 13.6 Å². The van der Waals surface area contributed by atoms with Crippen molar-refractivity contribution in [3.63, 3.8) is 0 Å². The summed E-state index contributed by atoms with van der Waals surface area (Å²) in [6.07, 6.45) is 1.11. The Hall–Kier alpha value is -2.10. The van der Waals surface area contributed by atoms with Gasteiger partial charge in [-0.15, -0.1) is 0 Å². The molecule has 0 amide bonds. The van der Waals surface area contributed by atoms with Crippen molar-refractivity contribution in [1.82, 2.24) is 4.98 Å². The standard InChI is InChI=1S/C14H11F2NO/c1-9-5-6-10(8-17-9)14(18)7-11-12(15)3-2-4-13(11)16/h2-6,8H,7H2,1H3. The van der Waals surface area contributed by atoms with Gasteiger partial charge in [-0.3, -0.25) is 9.78 Å². The van der Waals surface area contributed by atoms with Crippen LogP contribution in [0.25, 0.3) is 0 Å². The lowest BCUT2D eigenvalue weighted by Crippen LogP contribution is -2.07. The zero-order chi connectivity index (χ0) is 13.1. The third-order valence-corrected chi connectivity index (χ3v) is 2.63. The molecule has 1 heterocycles. The van der Waals surface area contributed by atoms with Gasteiger partial charge >= 0.3 is 0 Å². The fourth-order valence-corrected chi connectivity index (χ4v) is 1.60. The molecule has 2 rings (SSSR count). The first-order valence-corrected chi connectivity index (χ1v) is 5.46. The number of carbonyl (C=O) groups excluding carboxylic acids is 1. The average Bonchev–Trinajstić information content (AvgIpc) is 2.34. The van der Waals surface area contributed by atoms with Gasteiger partial charge in [0.2, 0.25) is 0 Å². The van der Waals surface area contributed by atoms with Gasteiger partial charge in [0.15, 0.2) is 5.78 Å². The third-order valence-electron chi connectivity index (χ3n) is 2.63. The maximum Gasteiger partial charge on any atom is 0.169 e. The number of aromatic nitrogens is 1. The van der Waals surface area contributed by atoms with E-state index in [9.17, 15) is 13.6 Å². The Labute approximate surface area is 103 Å². The minimum Gasteiger partial charge on any atom is -0.294 e. The van der Waals surface area contributed by atoms with Crippen LogP contribution in [0, 0.1) is 18.6 Å². The molecule has 1 aromatic heterocycles. The molecular weight excluding hydrogens is 236 g/mol. The predicted octanol–water partition coefficient (Wildman–Crippen LogP) is 3.09. The van der Waals surface area contributed by atoms with E-state index in [1.807, 2.05) is 0 Å². The van der Waals surface area contributed by atoms with Crippen molar-refractivity contribution in [3.8, 4) is 0 Å². The van der Waals surface area contributed by atoms with Crippen molar-refractivity contribution in [3.05, 3.63) is 65.0 Å². The first-order chi connectivity index (χ1) is 8.58. The van der Waals surface area contributed by atoms with Crippen molar-refractivity contribution >= 4 is 5.78 Å². The van der Waals surface area contributed by atoms with Crippen LogP contribution < -0.4 is 0 Å². The van der Waals surface area contributed by atoms with Gasteiger partial charge in [0.1, 0.15) is 11.6 Å². The minimum absolute atomic E-state index is 0.205. The third kappa shape index (κ3) is 2.59. The molecule has 0 fully saturated rings. The number of rotatable bonds is 3. The SMILES string of the molecule is Cc1ccc(C(=O)Cc2c(F)cccc2F)cn1. The molecule has 1 aromatic carbocycles. The largest absolute Gasteiger partial charge is 0.294 e. The molecule has 92 valence electrons. The Morgan fingerprint density at radius 2 is 1.83 bits per heavy atom. The fourth-order valence-electron chi connectivity index (χ4n) is 1.60. The lowest BCUT2D eigenvalue weighted by atomic mass is 10.0. The highest BCUT2D eigenvalue weighted by atomic mass is 19.1. The molecule has 0 atom stereocenters. The van der Waals surface area contributed by atoms with E-state index in [4.69, 9.17) is 0 Å². The number of hydrogen-bond donors (Lipinski definition) is 0. The first-order valence-electron chi connectivity index (χ1n) is 5.46. The number of carbonyl (C=O) groups is 1. The number of benzene rings is 1. The van der Waals surface area contributed by atoms with Crippen molar-refractivity contribution in [2.24, 2.45) is 0 Å². The van der Waals surface area contributed by atoms with Crippen LogP contribution in [0.15, 0.2) is 36.5 Å². The fraction of sp³-hybridized carbons (Fsp3) is 0.143. The zero-order valence-corrected chi connectivity index (χ0v) is 9.78. The van der Waals surface area contributed by atoms with E-state index in [1.165, 1.54) is 12.3 Å². The van der Waals surface area contributed by atoms with Gasteiger partial charge in [0.25, 0.3) is 0 Å². The maximum absolute atomic E-state index is 13.4. The lowest BCUT2D eigenvalue weighted by molar-refractivity contribution is 0.0990. The summed E-state index contributed by atoms with van der Waals surface area (Å²) in [5.41, 5.74) is 0.926. The Morgan fingerprint density at radius 3 is 2.39 bits per heavy atom. The van der Waals surface area contributed by atoms with Gasteiger partial charge in [0.05, 0.1) is 0 Å². The van der Waals surface area contributed by atoms with E-state index in [-0.39, 0.29) is 17.8 Å². The highest BCUT2D eigenvalue weighted by Crippen LogP contribution is 2.15. The topological polar surface area (TPSA) is 30.0 Å². The summed E-state index contributed by atoms with van der Waals surface area (Å²) >= 11 is 0. The molecule has 2 aromatic rings. The van der Waals surface area contributed by atoms with Gasteiger partial charge in [-0.1, -0.05) is 6.07 Å². The second kappa shape index (κ2) is 5.04. The Morgan fingerprint density at radius 1 is 1.17 bits per heavy atom. The zero-order valence-electron chi connectivity index (χ0n) is 9.78. The monoisotopic (exact) mass is 247 g/mol. The molecule has 0 aliphatic heterocycles. The quantitative estimate of drug-likeness (QED) is 0.780. The van der Waals surface area contributed by atoms with E-state index in [0.29, 0.717) is 5.56 Å². The normalized spacial score (nSPS) is 10.4. The molecule has 0 bridgehead atoms. The van der Waals surface area contributed by atoms with E-state index in [0.717, 1.165) is 17.8 Å².